The number of aryl methyl sites for hydroxylation is 1. The molecule has 106 valence electrons. The standard InChI is InChI=1S/C16H19BrN2O/c1-3-8-18-11-13-10-14(17)6-7-16(13)20-15-5-4-9-19-12(15)2/h4-7,9-10,18H,3,8,11H2,1-2H3. The van der Waals surface area contributed by atoms with Gasteiger partial charge >= 0.3 is 0 Å². The van der Waals surface area contributed by atoms with Gasteiger partial charge in [0, 0.05) is 22.8 Å². The lowest BCUT2D eigenvalue weighted by molar-refractivity contribution is 0.466. The Balaban J connectivity index is 2.20. The van der Waals surface area contributed by atoms with E-state index < -0.39 is 0 Å². The molecular formula is C16H19BrN2O. The largest absolute Gasteiger partial charge is 0.455 e. The highest BCUT2D eigenvalue weighted by atomic mass is 79.9. The van der Waals surface area contributed by atoms with Gasteiger partial charge in [0.1, 0.15) is 11.5 Å². The molecule has 0 aliphatic heterocycles. The van der Waals surface area contributed by atoms with Crippen molar-refractivity contribution in [2.45, 2.75) is 26.8 Å². The van der Waals surface area contributed by atoms with Gasteiger partial charge in [-0.05, 0) is 50.2 Å². The Bertz CT molecular complexity index is 572. The zero-order valence-corrected chi connectivity index (χ0v) is 13.4. The Kier molecular flexibility index (Phi) is 5.56. The van der Waals surface area contributed by atoms with E-state index >= 15 is 0 Å². The molecule has 0 atom stereocenters. The first-order chi connectivity index (χ1) is 9.70. The van der Waals surface area contributed by atoms with E-state index in [4.69, 9.17) is 4.74 Å². The van der Waals surface area contributed by atoms with Gasteiger partial charge in [-0.25, -0.2) is 0 Å². The molecule has 3 nitrogen and oxygen atoms in total. The van der Waals surface area contributed by atoms with Crippen LogP contribution in [0.4, 0.5) is 0 Å². The third kappa shape index (κ3) is 4.05. The zero-order chi connectivity index (χ0) is 14.4. The number of benzene rings is 1. The first-order valence-electron chi connectivity index (χ1n) is 6.79. The quantitative estimate of drug-likeness (QED) is 0.792. The maximum Gasteiger partial charge on any atom is 0.148 e. The Labute approximate surface area is 128 Å². The lowest BCUT2D eigenvalue weighted by Gasteiger charge is -2.13. The van der Waals surface area contributed by atoms with Gasteiger partial charge in [-0.1, -0.05) is 22.9 Å². The molecule has 0 amide bonds. The van der Waals surface area contributed by atoms with E-state index in [1.54, 1.807) is 6.20 Å². The molecule has 0 radical (unpaired) electrons. The minimum atomic E-state index is 0.794. The number of pyridine rings is 1. The van der Waals surface area contributed by atoms with Gasteiger partial charge in [-0.15, -0.1) is 0 Å². The average Bonchev–Trinajstić information content (AvgIpc) is 2.44. The van der Waals surface area contributed by atoms with Crippen LogP contribution in [0.1, 0.15) is 24.6 Å². The molecule has 0 aliphatic carbocycles. The van der Waals surface area contributed by atoms with Crippen molar-refractivity contribution in [3.8, 4) is 11.5 Å². The Morgan fingerprint density at radius 1 is 1.25 bits per heavy atom. The van der Waals surface area contributed by atoms with Crippen molar-refractivity contribution in [2.24, 2.45) is 0 Å². The Morgan fingerprint density at radius 2 is 2.10 bits per heavy atom. The van der Waals surface area contributed by atoms with E-state index in [-0.39, 0.29) is 0 Å². The summed E-state index contributed by atoms with van der Waals surface area (Å²) in [5, 5.41) is 3.40. The number of nitrogens with one attached hydrogen (secondary N) is 1. The van der Waals surface area contributed by atoms with E-state index in [1.165, 1.54) is 0 Å². The van der Waals surface area contributed by atoms with E-state index in [2.05, 4.69) is 39.2 Å². The van der Waals surface area contributed by atoms with Gasteiger partial charge in [0.2, 0.25) is 0 Å². The minimum Gasteiger partial charge on any atom is -0.455 e. The molecule has 0 saturated carbocycles. The summed E-state index contributed by atoms with van der Waals surface area (Å²) in [5.74, 6) is 1.67. The van der Waals surface area contributed by atoms with Gasteiger partial charge in [0.25, 0.3) is 0 Å². The van der Waals surface area contributed by atoms with E-state index in [0.29, 0.717) is 0 Å². The van der Waals surface area contributed by atoms with Crippen molar-refractivity contribution < 1.29 is 4.74 Å². The number of hydrogen-bond acceptors (Lipinski definition) is 3. The summed E-state index contributed by atoms with van der Waals surface area (Å²) < 4.78 is 7.06. The van der Waals surface area contributed by atoms with Crippen molar-refractivity contribution in [3.63, 3.8) is 0 Å². The third-order valence-corrected chi connectivity index (χ3v) is 3.44. The molecule has 0 spiro atoms. The SMILES string of the molecule is CCCNCc1cc(Br)ccc1Oc1cccnc1C. The summed E-state index contributed by atoms with van der Waals surface area (Å²) >= 11 is 3.51. The van der Waals surface area contributed by atoms with Crippen LogP contribution in [0.25, 0.3) is 0 Å². The van der Waals surface area contributed by atoms with Gasteiger partial charge in [0.05, 0.1) is 5.69 Å². The molecule has 1 heterocycles. The molecule has 0 bridgehead atoms. The van der Waals surface area contributed by atoms with Crippen molar-refractivity contribution in [3.05, 3.63) is 52.3 Å². The van der Waals surface area contributed by atoms with Crippen LogP contribution in [0.15, 0.2) is 41.0 Å². The van der Waals surface area contributed by atoms with E-state index in [0.717, 1.165) is 46.7 Å². The zero-order valence-electron chi connectivity index (χ0n) is 11.8. The van der Waals surface area contributed by atoms with Crippen LogP contribution in [0.5, 0.6) is 11.5 Å². The third-order valence-electron chi connectivity index (χ3n) is 2.94. The Morgan fingerprint density at radius 3 is 2.85 bits per heavy atom. The fourth-order valence-corrected chi connectivity index (χ4v) is 2.29. The molecule has 2 aromatic rings. The summed E-state index contributed by atoms with van der Waals surface area (Å²) in [6, 6.07) is 9.89. The number of ether oxygens (including phenoxy) is 1. The van der Waals surface area contributed by atoms with Crippen molar-refractivity contribution in [1.29, 1.82) is 0 Å². The van der Waals surface area contributed by atoms with Crippen LogP contribution in [0.2, 0.25) is 0 Å². The highest BCUT2D eigenvalue weighted by Gasteiger charge is 2.07. The van der Waals surface area contributed by atoms with Crippen LogP contribution in [0.3, 0.4) is 0 Å². The molecule has 0 aliphatic rings. The molecule has 2 rings (SSSR count). The second-order valence-electron chi connectivity index (χ2n) is 4.62. The molecule has 4 heteroatoms. The minimum absolute atomic E-state index is 0.794. The first kappa shape index (κ1) is 15.0. The highest BCUT2D eigenvalue weighted by Crippen LogP contribution is 2.29. The summed E-state index contributed by atoms with van der Waals surface area (Å²) in [5.41, 5.74) is 2.03. The summed E-state index contributed by atoms with van der Waals surface area (Å²) in [4.78, 5) is 4.25. The second kappa shape index (κ2) is 7.41. The lowest BCUT2D eigenvalue weighted by Crippen LogP contribution is -2.14. The van der Waals surface area contributed by atoms with Crippen molar-refractivity contribution >= 4 is 15.9 Å². The van der Waals surface area contributed by atoms with E-state index in [1.807, 2.05) is 31.2 Å². The lowest BCUT2D eigenvalue weighted by atomic mass is 10.2. The van der Waals surface area contributed by atoms with Gasteiger partial charge < -0.3 is 10.1 Å². The summed E-state index contributed by atoms with van der Waals surface area (Å²) in [7, 11) is 0. The summed E-state index contributed by atoms with van der Waals surface area (Å²) in [6.07, 6.45) is 2.89. The van der Waals surface area contributed by atoms with Crippen LogP contribution in [-0.2, 0) is 6.54 Å². The number of aromatic nitrogens is 1. The van der Waals surface area contributed by atoms with Crippen LogP contribution < -0.4 is 10.1 Å². The number of halogens is 1. The molecule has 0 saturated heterocycles. The molecule has 0 fully saturated rings. The summed E-state index contributed by atoms with van der Waals surface area (Å²) in [6.45, 7) is 5.90. The van der Waals surface area contributed by atoms with Crippen LogP contribution in [0, 0.1) is 6.92 Å². The molecular weight excluding hydrogens is 316 g/mol. The monoisotopic (exact) mass is 334 g/mol. The number of hydrogen-bond donors (Lipinski definition) is 1. The predicted octanol–water partition coefficient (Wildman–Crippen LogP) is 4.44. The fourth-order valence-electron chi connectivity index (χ4n) is 1.88. The van der Waals surface area contributed by atoms with E-state index in [9.17, 15) is 0 Å². The normalized spacial score (nSPS) is 10.6. The average molecular weight is 335 g/mol. The maximum atomic E-state index is 6.00. The topological polar surface area (TPSA) is 34.1 Å². The fraction of sp³-hybridized carbons (Fsp3) is 0.312. The first-order valence-corrected chi connectivity index (χ1v) is 7.58. The van der Waals surface area contributed by atoms with Gasteiger partial charge in [-0.2, -0.15) is 0 Å². The van der Waals surface area contributed by atoms with Crippen molar-refractivity contribution in [1.82, 2.24) is 10.3 Å². The van der Waals surface area contributed by atoms with Gasteiger partial charge in [0.15, 0.2) is 0 Å². The molecule has 0 unspecified atom stereocenters. The van der Waals surface area contributed by atoms with Gasteiger partial charge in [-0.3, -0.25) is 4.98 Å². The second-order valence-corrected chi connectivity index (χ2v) is 5.53. The predicted molar refractivity (Wildman–Crippen MR) is 85.2 cm³/mol. The number of nitrogens with zero attached hydrogens (tertiary/aromatic N) is 1. The molecule has 1 N–H and O–H groups in total. The highest BCUT2D eigenvalue weighted by molar-refractivity contribution is 9.10. The van der Waals surface area contributed by atoms with Crippen LogP contribution >= 0.6 is 15.9 Å². The molecule has 1 aromatic carbocycles. The molecule has 1 aromatic heterocycles. The Hall–Kier alpha value is -1.39. The number of rotatable bonds is 6. The maximum absolute atomic E-state index is 6.00. The van der Waals surface area contributed by atoms with Crippen molar-refractivity contribution in [2.75, 3.05) is 6.54 Å². The smallest absolute Gasteiger partial charge is 0.148 e. The van der Waals surface area contributed by atoms with Crippen LogP contribution in [-0.4, -0.2) is 11.5 Å². The molecule has 20 heavy (non-hydrogen) atoms.